The molecule has 1 N–H and O–H groups in total. The fourth-order valence-corrected chi connectivity index (χ4v) is 3.06. The smallest absolute Gasteiger partial charge is 0.326 e. The van der Waals surface area contributed by atoms with Crippen LogP contribution in [0.1, 0.15) is 26.3 Å². The van der Waals surface area contributed by atoms with E-state index in [0.29, 0.717) is 5.75 Å². The van der Waals surface area contributed by atoms with E-state index in [9.17, 15) is 4.79 Å². The molecular formula is C15H23NO2S. The van der Waals surface area contributed by atoms with Gasteiger partial charge in [0, 0.05) is 16.7 Å². The second-order valence-corrected chi connectivity index (χ2v) is 6.28. The monoisotopic (exact) mass is 281 g/mol. The summed E-state index contributed by atoms with van der Waals surface area (Å²) in [7, 11) is 1.43. The largest absolute Gasteiger partial charge is 0.468 e. The first-order chi connectivity index (χ1) is 8.87. The van der Waals surface area contributed by atoms with Crippen molar-refractivity contribution in [2.45, 2.75) is 44.2 Å². The van der Waals surface area contributed by atoms with Crippen LogP contribution in [-0.2, 0) is 9.53 Å². The van der Waals surface area contributed by atoms with Gasteiger partial charge < -0.3 is 4.74 Å². The van der Waals surface area contributed by atoms with Crippen LogP contribution in [0.25, 0.3) is 0 Å². The van der Waals surface area contributed by atoms with Crippen molar-refractivity contribution in [2.75, 3.05) is 12.9 Å². The topological polar surface area (TPSA) is 38.3 Å². The minimum atomic E-state index is -0.669. The molecule has 4 heteroatoms. The van der Waals surface area contributed by atoms with Gasteiger partial charge in [-0.2, -0.15) is 0 Å². The SMILES string of the molecule is COC(=O)C(C)(CSc1cccc(C)c1)NC(C)C. The molecule has 0 saturated heterocycles. The van der Waals surface area contributed by atoms with E-state index in [4.69, 9.17) is 4.74 Å². The number of aryl methyl sites for hydroxylation is 1. The van der Waals surface area contributed by atoms with Crippen LogP contribution in [0.3, 0.4) is 0 Å². The molecule has 0 heterocycles. The van der Waals surface area contributed by atoms with E-state index in [1.165, 1.54) is 17.6 Å². The summed E-state index contributed by atoms with van der Waals surface area (Å²) in [5.41, 5.74) is 0.554. The Hall–Kier alpha value is -1.00. The zero-order valence-electron chi connectivity index (χ0n) is 12.3. The summed E-state index contributed by atoms with van der Waals surface area (Å²) >= 11 is 1.66. The Labute approximate surface area is 120 Å². The normalized spacial score (nSPS) is 14.2. The third kappa shape index (κ3) is 4.88. The molecule has 0 aliphatic rings. The van der Waals surface area contributed by atoms with Gasteiger partial charge in [0.25, 0.3) is 0 Å². The van der Waals surface area contributed by atoms with E-state index >= 15 is 0 Å². The molecule has 19 heavy (non-hydrogen) atoms. The van der Waals surface area contributed by atoms with Crippen molar-refractivity contribution in [1.29, 1.82) is 0 Å². The second-order valence-electron chi connectivity index (χ2n) is 5.23. The molecule has 1 aromatic carbocycles. The van der Waals surface area contributed by atoms with E-state index in [1.54, 1.807) is 11.8 Å². The number of rotatable bonds is 6. The van der Waals surface area contributed by atoms with Crippen molar-refractivity contribution in [2.24, 2.45) is 0 Å². The zero-order chi connectivity index (χ0) is 14.5. The first kappa shape index (κ1) is 16.1. The number of carbonyl (C=O) groups excluding carboxylic acids is 1. The standard InChI is InChI=1S/C15H23NO2S/c1-11(2)16-15(4,14(17)18-5)10-19-13-8-6-7-12(3)9-13/h6-9,11,16H,10H2,1-5H3. The van der Waals surface area contributed by atoms with Crippen LogP contribution in [0, 0.1) is 6.92 Å². The van der Waals surface area contributed by atoms with Gasteiger partial charge in [0.05, 0.1) is 7.11 Å². The Kier molecular flexibility index (Phi) is 5.88. The lowest BCUT2D eigenvalue weighted by Crippen LogP contribution is -2.54. The van der Waals surface area contributed by atoms with Crippen LogP contribution in [0.15, 0.2) is 29.2 Å². The Balaban J connectivity index is 2.75. The van der Waals surface area contributed by atoms with Crippen molar-refractivity contribution >= 4 is 17.7 Å². The van der Waals surface area contributed by atoms with Gasteiger partial charge in [0.1, 0.15) is 5.54 Å². The van der Waals surface area contributed by atoms with Gasteiger partial charge >= 0.3 is 5.97 Å². The maximum absolute atomic E-state index is 12.0. The number of ether oxygens (including phenoxy) is 1. The molecule has 0 saturated carbocycles. The average molecular weight is 281 g/mol. The Morgan fingerprint density at radius 1 is 1.47 bits per heavy atom. The van der Waals surface area contributed by atoms with Gasteiger partial charge in [0.2, 0.25) is 0 Å². The lowest BCUT2D eigenvalue weighted by Gasteiger charge is -2.29. The van der Waals surface area contributed by atoms with Crippen molar-refractivity contribution < 1.29 is 9.53 Å². The summed E-state index contributed by atoms with van der Waals surface area (Å²) in [5.74, 6) is 0.419. The number of hydrogen-bond donors (Lipinski definition) is 1. The molecular weight excluding hydrogens is 258 g/mol. The third-order valence-corrected chi connectivity index (χ3v) is 4.07. The Morgan fingerprint density at radius 2 is 2.16 bits per heavy atom. The van der Waals surface area contributed by atoms with E-state index in [2.05, 4.69) is 30.4 Å². The van der Waals surface area contributed by atoms with Crippen LogP contribution in [0.5, 0.6) is 0 Å². The highest BCUT2D eigenvalue weighted by molar-refractivity contribution is 7.99. The molecule has 0 amide bonds. The highest BCUT2D eigenvalue weighted by Gasteiger charge is 2.34. The van der Waals surface area contributed by atoms with Crippen LogP contribution in [-0.4, -0.2) is 30.4 Å². The van der Waals surface area contributed by atoms with Crippen molar-refractivity contribution in [3.8, 4) is 0 Å². The fourth-order valence-electron chi connectivity index (χ4n) is 1.95. The Morgan fingerprint density at radius 3 is 2.68 bits per heavy atom. The molecule has 0 aliphatic carbocycles. The highest BCUT2D eigenvalue weighted by Crippen LogP contribution is 2.24. The average Bonchev–Trinajstić information content (AvgIpc) is 2.34. The molecule has 106 valence electrons. The first-order valence-electron chi connectivity index (χ1n) is 6.43. The van der Waals surface area contributed by atoms with Crippen LogP contribution < -0.4 is 5.32 Å². The summed E-state index contributed by atoms with van der Waals surface area (Å²) in [6, 6.07) is 8.50. The number of methoxy groups -OCH3 is 1. The second kappa shape index (κ2) is 6.96. The molecule has 1 atom stereocenters. The fraction of sp³-hybridized carbons (Fsp3) is 0.533. The number of benzene rings is 1. The maximum atomic E-state index is 12.0. The Bertz CT molecular complexity index is 434. The molecule has 1 unspecified atom stereocenters. The molecule has 0 aliphatic heterocycles. The lowest BCUT2D eigenvalue weighted by atomic mass is 10.0. The molecule has 0 radical (unpaired) electrons. The molecule has 0 aromatic heterocycles. The van der Waals surface area contributed by atoms with Gasteiger partial charge in [-0.1, -0.05) is 17.7 Å². The maximum Gasteiger partial charge on any atom is 0.326 e. The highest BCUT2D eigenvalue weighted by atomic mass is 32.2. The van der Waals surface area contributed by atoms with E-state index in [-0.39, 0.29) is 12.0 Å². The molecule has 3 nitrogen and oxygen atoms in total. The van der Waals surface area contributed by atoms with Crippen LogP contribution >= 0.6 is 11.8 Å². The molecule has 0 fully saturated rings. The number of esters is 1. The molecule has 1 rings (SSSR count). The van der Waals surface area contributed by atoms with E-state index < -0.39 is 5.54 Å². The summed E-state index contributed by atoms with van der Waals surface area (Å²) in [6.07, 6.45) is 0. The summed E-state index contributed by atoms with van der Waals surface area (Å²) < 4.78 is 4.91. The van der Waals surface area contributed by atoms with Crippen molar-refractivity contribution in [3.63, 3.8) is 0 Å². The predicted octanol–water partition coefficient (Wildman–Crippen LogP) is 3.02. The third-order valence-electron chi connectivity index (χ3n) is 2.76. The minimum Gasteiger partial charge on any atom is -0.468 e. The number of thioether (sulfide) groups is 1. The lowest BCUT2D eigenvalue weighted by molar-refractivity contribution is -0.147. The van der Waals surface area contributed by atoms with E-state index in [0.717, 1.165) is 0 Å². The molecule has 1 aromatic rings. The quantitative estimate of drug-likeness (QED) is 0.642. The van der Waals surface area contributed by atoms with E-state index in [1.807, 2.05) is 26.8 Å². The van der Waals surface area contributed by atoms with Gasteiger partial charge in [-0.05, 0) is 39.8 Å². The molecule has 0 bridgehead atoms. The predicted molar refractivity (Wildman–Crippen MR) is 80.6 cm³/mol. The summed E-state index contributed by atoms with van der Waals surface area (Å²) in [6.45, 7) is 8.01. The van der Waals surface area contributed by atoms with Gasteiger partial charge in [0.15, 0.2) is 0 Å². The minimum absolute atomic E-state index is 0.221. The first-order valence-corrected chi connectivity index (χ1v) is 7.41. The van der Waals surface area contributed by atoms with Crippen LogP contribution in [0.2, 0.25) is 0 Å². The van der Waals surface area contributed by atoms with Gasteiger partial charge in [-0.3, -0.25) is 10.1 Å². The number of hydrogen-bond acceptors (Lipinski definition) is 4. The summed E-state index contributed by atoms with van der Waals surface area (Å²) in [5, 5.41) is 3.30. The van der Waals surface area contributed by atoms with Crippen LogP contribution in [0.4, 0.5) is 0 Å². The van der Waals surface area contributed by atoms with Gasteiger partial charge in [-0.25, -0.2) is 0 Å². The van der Waals surface area contributed by atoms with Crippen molar-refractivity contribution in [3.05, 3.63) is 29.8 Å². The zero-order valence-corrected chi connectivity index (χ0v) is 13.1. The molecule has 0 spiro atoms. The number of carbonyl (C=O) groups is 1. The van der Waals surface area contributed by atoms with Gasteiger partial charge in [-0.15, -0.1) is 11.8 Å². The summed E-state index contributed by atoms with van der Waals surface area (Å²) in [4.78, 5) is 13.1. The van der Waals surface area contributed by atoms with Crippen molar-refractivity contribution in [1.82, 2.24) is 5.32 Å². The number of nitrogens with one attached hydrogen (secondary N) is 1.